The monoisotopic (exact) mass is 183 g/mol. The van der Waals surface area contributed by atoms with Crippen molar-refractivity contribution in [2.45, 2.75) is 25.7 Å². The lowest BCUT2D eigenvalue weighted by atomic mass is 9.93. The van der Waals surface area contributed by atoms with Crippen LogP contribution >= 0.6 is 0 Å². The van der Waals surface area contributed by atoms with E-state index in [9.17, 15) is 0 Å². The first kappa shape index (κ1) is 10.7. The first-order valence-corrected chi connectivity index (χ1v) is 5.22. The molecule has 1 unspecified atom stereocenters. The van der Waals surface area contributed by atoms with E-state index in [2.05, 4.69) is 11.9 Å². The van der Waals surface area contributed by atoms with E-state index in [1.807, 2.05) is 7.05 Å². The van der Waals surface area contributed by atoms with Gasteiger partial charge in [0.2, 0.25) is 0 Å². The average Bonchev–Trinajstić information content (AvgIpc) is 2.16. The summed E-state index contributed by atoms with van der Waals surface area (Å²) in [6.45, 7) is 7.04. The van der Waals surface area contributed by atoms with Gasteiger partial charge in [0.25, 0.3) is 0 Å². The van der Waals surface area contributed by atoms with Crippen LogP contribution < -0.4 is 5.32 Å². The Kier molecular flexibility index (Phi) is 5.09. The van der Waals surface area contributed by atoms with Gasteiger partial charge in [-0.15, -0.1) is 0 Å². The van der Waals surface area contributed by atoms with Crippen LogP contribution in [-0.2, 0) is 4.74 Å². The minimum Gasteiger partial charge on any atom is -0.381 e. The quantitative estimate of drug-likeness (QED) is 0.658. The molecule has 0 aromatic heterocycles. The van der Waals surface area contributed by atoms with Gasteiger partial charge < -0.3 is 10.1 Å². The largest absolute Gasteiger partial charge is 0.381 e. The van der Waals surface area contributed by atoms with Gasteiger partial charge in [0.1, 0.15) is 0 Å². The molecule has 1 saturated heterocycles. The summed E-state index contributed by atoms with van der Waals surface area (Å²) in [5.74, 6) is 0.734. The van der Waals surface area contributed by atoms with E-state index in [0.29, 0.717) is 0 Å². The van der Waals surface area contributed by atoms with Gasteiger partial charge >= 0.3 is 0 Å². The molecule has 1 N–H and O–H groups in total. The molecule has 2 nitrogen and oxygen atoms in total. The molecule has 1 aliphatic heterocycles. The summed E-state index contributed by atoms with van der Waals surface area (Å²) in [5.41, 5.74) is 1.37. The molecule has 13 heavy (non-hydrogen) atoms. The molecule has 0 aromatic rings. The Balaban J connectivity index is 2.11. The minimum atomic E-state index is 0.734. The molecule has 0 spiro atoms. The average molecular weight is 183 g/mol. The molecule has 0 aliphatic carbocycles. The van der Waals surface area contributed by atoms with E-state index in [1.165, 1.54) is 18.4 Å². The lowest BCUT2D eigenvalue weighted by molar-refractivity contribution is 0.0548. The van der Waals surface area contributed by atoms with Crippen molar-refractivity contribution in [3.63, 3.8) is 0 Å². The van der Waals surface area contributed by atoms with E-state index in [0.717, 1.165) is 38.5 Å². The van der Waals surface area contributed by atoms with Crippen LogP contribution in [0.3, 0.4) is 0 Å². The van der Waals surface area contributed by atoms with Crippen LogP contribution in [0.2, 0.25) is 0 Å². The predicted octanol–water partition coefficient (Wildman–Crippen LogP) is 1.97. The lowest BCUT2D eigenvalue weighted by Crippen LogP contribution is -2.18. The third-order valence-electron chi connectivity index (χ3n) is 2.56. The molecule has 0 aromatic carbocycles. The van der Waals surface area contributed by atoms with Crippen molar-refractivity contribution in [2.24, 2.45) is 5.92 Å². The summed E-state index contributed by atoms with van der Waals surface area (Å²) in [7, 11) is 1.98. The topological polar surface area (TPSA) is 21.3 Å². The molecular formula is C11H21NO. The summed E-state index contributed by atoms with van der Waals surface area (Å²) in [6, 6.07) is 0. The highest BCUT2D eigenvalue weighted by molar-refractivity contribution is 4.96. The summed E-state index contributed by atoms with van der Waals surface area (Å²) >= 11 is 0. The van der Waals surface area contributed by atoms with Crippen molar-refractivity contribution in [1.29, 1.82) is 0 Å². The van der Waals surface area contributed by atoms with Crippen molar-refractivity contribution in [2.75, 3.05) is 26.8 Å². The van der Waals surface area contributed by atoms with Crippen LogP contribution in [0, 0.1) is 5.92 Å². The normalized spacial score (nSPS) is 23.0. The molecule has 1 aliphatic rings. The maximum absolute atomic E-state index is 5.43. The molecule has 1 rings (SSSR count). The summed E-state index contributed by atoms with van der Waals surface area (Å²) in [5, 5.41) is 3.14. The van der Waals surface area contributed by atoms with Gasteiger partial charge in [0, 0.05) is 13.2 Å². The number of ether oxygens (including phenoxy) is 1. The Morgan fingerprint density at radius 3 is 3.08 bits per heavy atom. The van der Waals surface area contributed by atoms with Crippen molar-refractivity contribution in [3.8, 4) is 0 Å². The fraction of sp³-hybridized carbons (Fsp3) is 0.818. The first-order valence-electron chi connectivity index (χ1n) is 5.22. The molecule has 0 amide bonds. The maximum atomic E-state index is 5.43. The molecule has 1 atom stereocenters. The lowest BCUT2D eigenvalue weighted by Gasteiger charge is -2.22. The van der Waals surface area contributed by atoms with Crippen LogP contribution in [0.4, 0.5) is 0 Å². The van der Waals surface area contributed by atoms with Crippen molar-refractivity contribution in [1.82, 2.24) is 5.32 Å². The maximum Gasteiger partial charge on any atom is 0.0497 e. The Hall–Kier alpha value is -0.340. The summed E-state index contributed by atoms with van der Waals surface area (Å²) < 4.78 is 5.43. The molecule has 0 radical (unpaired) electrons. The third-order valence-corrected chi connectivity index (χ3v) is 2.56. The highest BCUT2D eigenvalue weighted by Gasteiger charge is 2.14. The molecule has 1 heterocycles. The third kappa shape index (κ3) is 4.44. The van der Waals surface area contributed by atoms with Crippen LogP contribution in [-0.4, -0.2) is 26.8 Å². The first-order chi connectivity index (χ1) is 6.33. The van der Waals surface area contributed by atoms with Crippen LogP contribution in [0.1, 0.15) is 25.7 Å². The fourth-order valence-corrected chi connectivity index (χ4v) is 1.78. The van der Waals surface area contributed by atoms with Crippen molar-refractivity contribution in [3.05, 3.63) is 12.2 Å². The zero-order valence-electron chi connectivity index (χ0n) is 8.64. The Bertz CT molecular complexity index is 150. The van der Waals surface area contributed by atoms with Gasteiger partial charge in [-0.05, 0) is 45.2 Å². The minimum absolute atomic E-state index is 0.734. The van der Waals surface area contributed by atoms with Gasteiger partial charge in [0.15, 0.2) is 0 Å². The molecule has 76 valence electrons. The number of hydrogen-bond donors (Lipinski definition) is 1. The van der Waals surface area contributed by atoms with E-state index in [-0.39, 0.29) is 0 Å². The van der Waals surface area contributed by atoms with Gasteiger partial charge in [-0.3, -0.25) is 0 Å². The van der Waals surface area contributed by atoms with E-state index in [1.54, 1.807) is 0 Å². The van der Waals surface area contributed by atoms with Crippen molar-refractivity contribution < 1.29 is 4.74 Å². The molecule has 2 heteroatoms. The van der Waals surface area contributed by atoms with E-state index in [4.69, 9.17) is 4.74 Å². The summed E-state index contributed by atoms with van der Waals surface area (Å²) in [6.07, 6.45) is 4.80. The van der Waals surface area contributed by atoms with Crippen LogP contribution in [0.5, 0.6) is 0 Å². The Morgan fingerprint density at radius 2 is 2.46 bits per heavy atom. The fourth-order valence-electron chi connectivity index (χ4n) is 1.78. The smallest absolute Gasteiger partial charge is 0.0497 e. The highest BCUT2D eigenvalue weighted by Crippen LogP contribution is 2.21. The second-order valence-electron chi connectivity index (χ2n) is 3.89. The molecular weight excluding hydrogens is 162 g/mol. The van der Waals surface area contributed by atoms with Gasteiger partial charge in [0.05, 0.1) is 0 Å². The van der Waals surface area contributed by atoms with Gasteiger partial charge in [-0.25, -0.2) is 0 Å². The zero-order chi connectivity index (χ0) is 9.52. The zero-order valence-corrected chi connectivity index (χ0v) is 8.64. The second-order valence-corrected chi connectivity index (χ2v) is 3.89. The highest BCUT2D eigenvalue weighted by atomic mass is 16.5. The summed E-state index contributed by atoms with van der Waals surface area (Å²) in [4.78, 5) is 0. The van der Waals surface area contributed by atoms with Gasteiger partial charge in [-0.1, -0.05) is 12.2 Å². The van der Waals surface area contributed by atoms with Crippen LogP contribution in [0.25, 0.3) is 0 Å². The van der Waals surface area contributed by atoms with Crippen LogP contribution in [0.15, 0.2) is 12.2 Å². The molecule has 0 bridgehead atoms. The molecule has 1 fully saturated rings. The predicted molar refractivity (Wildman–Crippen MR) is 55.8 cm³/mol. The number of nitrogens with one attached hydrogen (secondary N) is 1. The van der Waals surface area contributed by atoms with E-state index < -0.39 is 0 Å². The van der Waals surface area contributed by atoms with E-state index >= 15 is 0 Å². The Labute approximate surface area is 81.4 Å². The second kappa shape index (κ2) is 6.17. The standard InChI is InChI=1S/C11H21NO/c1-10(5-6-12-2)8-11-4-3-7-13-9-11/h11-12H,1,3-9H2,2H3. The van der Waals surface area contributed by atoms with Gasteiger partial charge in [-0.2, -0.15) is 0 Å². The SMILES string of the molecule is C=C(CCNC)CC1CCCOC1. The van der Waals surface area contributed by atoms with Crippen molar-refractivity contribution >= 4 is 0 Å². The Morgan fingerprint density at radius 1 is 1.62 bits per heavy atom. The number of hydrogen-bond acceptors (Lipinski definition) is 2. The molecule has 0 saturated carbocycles. The number of rotatable bonds is 5.